The molecule has 7 nitrogen and oxygen atoms in total. The SMILES string of the molecule is COC(=O)C1=CC2=NC(N/N=C/c3ccnc4ccccc34)=C3CC=CN3C2C=C1. The van der Waals surface area contributed by atoms with Gasteiger partial charge in [0.05, 0.1) is 41.9 Å². The molecule has 1 aromatic carbocycles. The van der Waals surface area contributed by atoms with E-state index in [1.807, 2.05) is 42.6 Å². The number of ether oxygens (including phenoxy) is 1. The van der Waals surface area contributed by atoms with Crippen LogP contribution in [0.5, 0.6) is 0 Å². The fourth-order valence-electron chi connectivity index (χ4n) is 3.79. The molecule has 0 fully saturated rings. The molecule has 0 saturated heterocycles. The number of esters is 1. The van der Waals surface area contributed by atoms with Crippen LogP contribution >= 0.6 is 0 Å². The standard InChI is InChI=1S/C23H19N5O2/c1-30-23(29)15-8-9-20-19(13-15)26-22(21-7-4-12-28(20)21)27-25-14-16-10-11-24-18-6-3-2-5-17(16)18/h2-6,8-14,20,27H,7H2,1H3/b25-14+. The first kappa shape index (κ1) is 18.1. The Hall–Kier alpha value is -4.00. The van der Waals surface area contributed by atoms with Crippen molar-refractivity contribution in [1.29, 1.82) is 0 Å². The smallest absolute Gasteiger partial charge is 0.337 e. The zero-order valence-electron chi connectivity index (χ0n) is 16.3. The van der Waals surface area contributed by atoms with Gasteiger partial charge >= 0.3 is 5.97 Å². The van der Waals surface area contributed by atoms with E-state index >= 15 is 0 Å². The molecule has 1 N–H and O–H groups in total. The molecule has 1 atom stereocenters. The van der Waals surface area contributed by atoms with Gasteiger partial charge in [0.25, 0.3) is 0 Å². The van der Waals surface area contributed by atoms with Crippen molar-refractivity contribution in [3.8, 4) is 0 Å². The van der Waals surface area contributed by atoms with Crippen molar-refractivity contribution in [1.82, 2.24) is 15.3 Å². The molecule has 5 rings (SSSR count). The molecule has 0 saturated carbocycles. The number of rotatable bonds is 4. The summed E-state index contributed by atoms with van der Waals surface area (Å²) < 4.78 is 4.83. The van der Waals surface area contributed by atoms with Crippen LogP contribution in [-0.4, -0.2) is 40.9 Å². The van der Waals surface area contributed by atoms with Gasteiger partial charge in [0.2, 0.25) is 0 Å². The van der Waals surface area contributed by atoms with Gasteiger partial charge in [-0.05, 0) is 24.3 Å². The van der Waals surface area contributed by atoms with Gasteiger partial charge < -0.3 is 9.64 Å². The molecule has 1 aliphatic carbocycles. The summed E-state index contributed by atoms with van der Waals surface area (Å²) in [5.41, 5.74) is 7.26. The van der Waals surface area contributed by atoms with Crippen molar-refractivity contribution in [2.75, 3.05) is 7.11 Å². The number of hydrogen-bond donors (Lipinski definition) is 1. The molecule has 3 heterocycles. The van der Waals surface area contributed by atoms with Crippen LogP contribution < -0.4 is 5.43 Å². The number of carbonyl (C=O) groups is 1. The number of carbonyl (C=O) groups excluding carboxylic acids is 1. The van der Waals surface area contributed by atoms with Crippen molar-refractivity contribution >= 4 is 28.8 Å². The number of nitrogens with zero attached hydrogens (tertiary/aromatic N) is 4. The first-order valence-electron chi connectivity index (χ1n) is 9.62. The van der Waals surface area contributed by atoms with Gasteiger partial charge in [-0.3, -0.25) is 10.4 Å². The van der Waals surface area contributed by atoms with Crippen LogP contribution in [-0.2, 0) is 9.53 Å². The number of para-hydroxylation sites is 1. The van der Waals surface area contributed by atoms with Crippen molar-refractivity contribution < 1.29 is 9.53 Å². The molecule has 2 aliphatic heterocycles. The zero-order valence-corrected chi connectivity index (χ0v) is 16.3. The van der Waals surface area contributed by atoms with E-state index < -0.39 is 0 Å². The second-order valence-electron chi connectivity index (χ2n) is 7.01. The summed E-state index contributed by atoms with van der Waals surface area (Å²) in [4.78, 5) is 23.2. The summed E-state index contributed by atoms with van der Waals surface area (Å²) in [6, 6.07) is 9.83. The number of pyridine rings is 1. The van der Waals surface area contributed by atoms with Gasteiger partial charge in [0.1, 0.15) is 0 Å². The van der Waals surface area contributed by atoms with E-state index in [1.165, 1.54) is 7.11 Å². The second-order valence-corrected chi connectivity index (χ2v) is 7.01. The highest BCUT2D eigenvalue weighted by atomic mass is 16.5. The summed E-state index contributed by atoms with van der Waals surface area (Å²) in [6.45, 7) is 0. The van der Waals surface area contributed by atoms with Gasteiger partial charge in [-0.2, -0.15) is 5.10 Å². The van der Waals surface area contributed by atoms with E-state index in [9.17, 15) is 4.79 Å². The van der Waals surface area contributed by atoms with Gasteiger partial charge in [-0.1, -0.05) is 30.4 Å². The minimum absolute atomic E-state index is 0.0363. The molecule has 7 heteroatoms. The van der Waals surface area contributed by atoms with Gasteiger partial charge in [0.15, 0.2) is 5.82 Å². The summed E-state index contributed by atoms with van der Waals surface area (Å²) >= 11 is 0. The fourth-order valence-corrected chi connectivity index (χ4v) is 3.79. The lowest BCUT2D eigenvalue weighted by Gasteiger charge is -2.33. The third-order valence-corrected chi connectivity index (χ3v) is 5.25. The zero-order chi connectivity index (χ0) is 20.5. The lowest BCUT2D eigenvalue weighted by molar-refractivity contribution is -0.135. The Morgan fingerprint density at radius 1 is 1.33 bits per heavy atom. The predicted molar refractivity (Wildman–Crippen MR) is 116 cm³/mol. The first-order valence-corrected chi connectivity index (χ1v) is 9.62. The Kier molecular flexibility index (Phi) is 4.48. The van der Waals surface area contributed by atoms with Crippen LogP contribution in [0.15, 0.2) is 94.2 Å². The number of nitrogens with one attached hydrogen (secondary N) is 1. The quantitative estimate of drug-likeness (QED) is 0.487. The molecule has 30 heavy (non-hydrogen) atoms. The highest BCUT2D eigenvalue weighted by molar-refractivity contribution is 6.10. The number of allylic oxidation sites excluding steroid dienone is 1. The van der Waals surface area contributed by atoms with Crippen LogP contribution in [0.3, 0.4) is 0 Å². The van der Waals surface area contributed by atoms with E-state index in [4.69, 9.17) is 9.73 Å². The van der Waals surface area contributed by atoms with Gasteiger partial charge in [-0.15, -0.1) is 0 Å². The van der Waals surface area contributed by atoms with Gasteiger partial charge in [0, 0.05) is 29.8 Å². The largest absolute Gasteiger partial charge is 0.465 e. The van der Waals surface area contributed by atoms with Crippen LogP contribution in [0, 0.1) is 0 Å². The third kappa shape index (κ3) is 3.10. The summed E-state index contributed by atoms with van der Waals surface area (Å²) in [7, 11) is 1.37. The molecule has 0 bridgehead atoms. The van der Waals surface area contributed by atoms with Crippen molar-refractivity contribution in [3.05, 3.63) is 89.7 Å². The number of fused-ring (bicyclic) bond motifs is 4. The normalized spacial score (nSPS) is 19.6. The molecular formula is C23H19N5O2. The Labute approximate surface area is 173 Å². The van der Waals surface area contributed by atoms with Crippen molar-refractivity contribution in [2.24, 2.45) is 10.1 Å². The summed E-state index contributed by atoms with van der Waals surface area (Å²) in [6.07, 6.45) is 13.9. The minimum atomic E-state index is -0.378. The fraction of sp³-hybridized carbons (Fsp3) is 0.130. The maximum atomic E-state index is 11.9. The van der Waals surface area contributed by atoms with Crippen LogP contribution in [0.25, 0.3) is 10.9 Å². The molecular weight excluding hydrogens is 378 g/mol. The first-order chi connectivity index (χ1) is 14.7. The molecule has 1 aromatic heterocycles. The molecule has 3 aliphatic rings. The Morgan fingerprint density at radius 2 is 2.23 bits per heavy atom. The van der Waals surface area contributed by atoms with E-state index in [0.717, 1.165) is 34.3 Å². The molecule has 2 aromatic rings. The van der Waals surface area contributed by atoms with Crippen molar-refractivity contribution in [2.45, 2.75) is 12.5 Å². The summed E-state index contributed by atoms with van der Waals surface area (Å²) in [5, 5.41) is 5.46. The average molecular weight is 397 g/mol. The number of hydrazone groups is 1. The lowest BCUT2D eigenvalue weighted by Crippen LogP contribution is -2.39. The van der Waals surface area contributed by atoms with Crippen LogP contribution in [0.1, 0.15) is 12.0 Å². The van der Waals surface area contributed by atoms with Crippen LogP contribution in [0.4, 0.5) is 0 Å². The monoisotopic (exact) mass is 397 g/mol. The molecule has 0 radical (unpaired) electrons. The molecule has 148 valence electrons. The number of aliphatic imine (C=N–C) groups is 1. The molecule has 0 spiro atoms. The maximum absolute atomic E-state index is 11.9. The Bertz CT molecular complexity index is 1210. The lowest BCUT2D eigenvalue weighted by atomic mass is 9.98. The van der Waals surface area contributed by atoms with Gasteiger partial charge in [-0.25, -0.2) is 9.79 Å². The Morgan fingerprint density at radius 3 is 3.13 bits per heavy atom. The van der Waals surface area contributed by atoms with E-state index in [1.54, 1.807) is 24.6 Å². The van der Waals surface area contributed by atoms with Crippen molar-refractivity contribution in [3.63, 3.8) is 0 Å². The number of aromatic nitrogens is 1. The van der Waals surface area contributed by atoms with E-state index in [-0.39, 0.29) is 12.0 Å². The average Bonchev–Trinajstić information content (AvgIpc) is 3.29. The van der Waals surface area contributed by atoms with E-state index in [0.29, 0.717) is 11.4 Å². The predicted octanol–water partition coefficient (Wildman–Crippen LogP) is 3.04. The highest BCUT2D eigenvalue weighted by Gasteiger charge is 2.32. The maximum Gasteiger partial charge on any atom is 0.337 e. The second kappa shape index (κ2) is 7.44. The number of methoxy groups -OCH3 is 1. The number of hydrogen-bond acceptors (Lipinski definition) is 7. The third-order valence-electron chi connectivity index (χ3n) is 5.25. The highest BCUT2D eigenvalue weighted by Crippen LogP contribution is 2.32. The minimum Gasteiger partial charge on any atom is -0.465 e. The van der Waals surface area contributed by atoms with Crippen LogP contribution in [0.2, 0.25) is 0 Å². The topological polar surface area (TPSA) is 79.2 Å². The van der Waals surface area contributed by atoms with E-state index in [2.05, 4.69) is 26.5 Å². The number of benzene rings is 1. The Balaban J connectivity index is 1.44. The molecule has 1 unspecified atom stereocenters. The molecule has 0 amide bonds. The summed E-state index contributed by atoms with van der Waals surface area (Å²) in [5.74, 6) is 0.285.